The van der Waals surface area contributed by atoms with Crippen LogP contribution in [0.15, 0.2) is 6.33 Å². The summed E-state index contributed by atoms with van der Waals surface area (Å²) < 4.78 is 0. The normalized spacial score (nSPS) is 16.5. The van der Waals surface area contributed by atoms with Gasteiger partial charge in [-0.2, -0.15) is 0 Å². The Kier molecular flexibility index (Phi) is 4.30. The van der Waals surface area contributed by atoms with Gasteiger partial charge < -0.3 is 10.3 Å². The highest BCUT2D eigenvalue weighted by atomic mass is 16.6. The summed E-state index contributed by atoms with van der Waals surface area (Å²) in [6.45, 7) is 7.37. The molecular weight excluding hydrogens is 262 g/mol. The van der Waals surface area contributed by atoms with Gasteiger partial charge in [0.25, 0.3) is 0 Å². The van der Waals surface area contributed by atoms with Gasteiger partial charge >= 0.3 is 5.69 Å². The largest absolute Gasteiger partial charge is 0.354 e. The van der Waals surface area contributed by atoms with E-state index in [-0.39, 0.29) is 11.5 Å². The maximum atomic E-state index is 11.2. The predicted molar refractivity (Wildman–Crippen MR) is 75.4 cm³/mol. The molecule has 0 radical (unpaired) electrons. The zero-order valence-corrected chi connectivity index (χ0v) is 11.6. The van der Waals surface area contributed by atoms with Crippen molar-refractivity contribution >= 4 is 17.3 Å². The van der Waals surface area contributed by atoms with Crippen LogP contribution in [0.1, 0.15) is 13.8 Å². The first-order valence-electron chi connectivity index (χ1n) is 6.49. The van der Waals surface area contributed by atoms with Crippen molar-refractivity contribution in [3.63, 3.8) is 0 Å². The summed E-state index contributed by atoms with van der Waals surface area (Å²) in [7, 11) is 0. The average molecular weight is 281 g/mol. The number of rotatable bonds is 4. The summed E-state index contributed by atoms with van der Waals surface area (Å²) in [4.78, 5) is 22.8. The van der Waals surface area contributed by atoms with Gasteiger partial charge in [-0.25, -0.2) is 15.8 Å². The third-order valence-electron chi connectivity index (χ3n) is 3.47. The molecular formula is C11H19N7O2. The number of nitrogen functional groups attached to an aromatic ring is 1. The molecule has 3 N–H and O–H groups in total. The van der Waals surface area contributed by atoms with Crippen LogP contribution in [-0.2, 0) is 0 Å². The van der Waals surface area contributed by atoms with Gasteiger partial charge in [0.1, 0.15) is 6.33 Å². The lowest BCUT2D eigenvalue weighted by Gasteiger charge is -2.37. The molecule has 1 aliphatic rings. The van der Waals surface area contributed by atoms with Gasteiger partial charge in [-0.3, -0.25) is 15.0 Å². The maximum absolute atomic E-state index is 11.2. The Labute approximate surface area is 116 Å². The van der Waals surface area contributed by atoms with Crippen LogP contribution < -0.4 is 16.2 Å². The molecule has 0 amide bonds. The van der Waals surface area contributed by atoms with E-state index in [1.165, 1.54) is 6.33 Å². The fourth-order valence-electron chi connectivity index (χ4n) is 2.32. The van der Waals surface area contributed by atoms with E-state index in [1.54, 1.807) is 0 Å². The second kappa shape index (κ2) is 5.97. The fourth-order valence-corrected chi connectivity index (χ4v) is 2.32. The standard InChI is InChI=1S/C11H19N7O2/c1-8(2)16-3-5-17(6-4-16)11-9(18(19)20)10(15-12)13-7-14-11/h7-8H,3-6,12H2,1-2H3,(H,13,14,15). The highest BCUT2D eigenvalue weighted by Gasteiger charge is 2.29. The molecule has 0 spiro atoms. The molecule has 2 heterocycles. The quantitative estimate of drug-likeness (QED) is 0.457. The van der Waals surface area contributed by atoms with Gasteiger partial charge in [-0.1, -0.05) is 0 Å². The summed E-state index contributed by atoms with van der Waals surface area (Å²) in [6, 6.07) is 0.471. The molecule has 0 aliphatic carbocycles. The van der Waals surface area contributed by atoms with Crippen LogP contribution in [0.25, 0.3) is 0 Å². The molecule has 20 heavy (non-hydrogen) atoms. The number of hydrogen-bond acceptors (Lipinski definition) is 8. The van der Waals surface area contributed by atoms with Crippen molar-refractivity contribution in [2.24, 2.45) is 5.84 Å². The van der Waals surface area contributed by atoms with Crippen LogP contribution in [0.2, 0.25) is 0 Å². The molecule has 1 fully saturated rings. The molecule has 1 aliphatic heterocycles. The topological polar surface area (TPSA) is 113 Å². The molecule has 9 heteroatoms. The first kappa shape index (κ1) is 14.4. The molecule has 110 valence electrons. The van der Waals surface area contributed by atoms with Gasteiger partial charge in [0.15, 0.2) is 0 Å². The lowest BCUT2D eigenvalue weighted by Crippen LogP contribution is -2.49. The Morgan fingerprint density at radius 2 is 2.00 bits per heavy atom. The SMILES string of the molecule is CC(C)N1CCN(c2ncnc(NN)c2[N+](=O)[O-])CC1. The smallest absolute Gasteiger partial charge is 0.348 e. The van der Waals surface area contributed by atoms with Crippen LogP contribution in [0, 0.1) is 10.1 Å². The molecule has 2 rings (SSSR count). The van der Waals surface area contributed by atoms with E-state index in [4.69, 9.17) is 5.84 Å². The summed E-state index contributed by atoms with van der Waals surface area (Å²) in [5.74, 6) is 5.63. The summed E-state index contributed by atoms with van der Waals surface area (Å²) in [6.07, 6.45) is 1.28. The lowest BCUT2D eigenvalue weighted by atomic mass is 10.2. The van der Waals surface area contributed by atoms with E-state index in [0.29, 0.717) is 24.9 Å². The van der Waals surface area contributed by atoms with Crippen LogP contribution in [0.5, 0.6) is 0 Å². The Morgan fingerprint density at radius 3 is 2.50 bits per heavy atom. The molecule has 1 aromatic heterocycles. The predicted octanol–water partition coefficient (Wildman–Crippen LogP) is 0.201. The van der Waals surface area contributed by atoms with Gasteiger partial charge in [-0.15, -0.1) is 0 Å². The first-order valence-corrected chi connectivity index (χ1v) is 6.49. The zero-order valence-electron chi connectivity index (χ0n) is 11.6. The lowest BCUT2D eigenvalue weighted by molar-refractivity contribution is -0.383. The van der Waals surface area contributed by atoms with Gasteiger partial charge in [-0.05, 0) is 13.8 Å². The number of nitrogens with zero attached hydrogens (tertiary/aromatic N) is 5. The minimum absolute atomic E-state index is 0.0336. The molecule has 0 atom stereocenters. The van der Waals surface area contributed by atoms with Crippen molar-refractivity contribution < 1.29 is 4.92 Å². The second-order valence-electron chi connectivity index (χ2n) is 4.91. The van der Waals surface area contributed by atoms with Crippen LogP contribution >= 0.6 is 0 Å². The number of nitrogens with one attached hydrogen (secondary N) is 1. The van der Waals surface area contributed by atoms with E-state index < -0.39 is 4.92 Å². The summed E-state index contributed by atoms with van der Waals surface area (Å²) in [5.41, 5.74) is 2.08. The van der Waals surface area contributed by atoms with E-state index in [1.807, 2.05) is 4.90 Å². The molecule has 9 nitrogen and oxygen atoms in total. The number of nitrogens with two attached hydrogens (primary N) is 1. The monoisotopic (exact) mass is 281 g/mol. The van der Waals surface area contributed by atoms with Gasteiger partial charge in [0.2, 0.25) is 11.6 Å². The number of hydrazine groups is 1. The Bertz CT molecular complexity index is 486. The number of hydrogen-bond donors (Lipinski definition) is 2. The number of piperazine rings is 1. The highest BCUT2D eigenvalue weighted by molar-refractivity contribution is 5.70. The third-order valence-corrected chi connectivity index (χ3v) is 3.47. The minimum atomic E-state index is -0.501. The van der Waals surface area contributed by atoms with Gasteiger partial charge in [0, 0.05) is 32.2 Å². The molecule has 1 aromatic rings. The second-order valence-corrected chi connectivity index (χ2v) is 4.91. The Hall–Kier alpha value is -2.00. The van der Waals surface area contributed by atoms with Crippen molar-refractivity contribution in [2.45, 2.75) is 19.9 Å². The highest BCUT2D eigenvalue weighted by Crippen LogP contribution is 2.31. The summed E-state index contributed by atoms with van der Waals surface area (Å²) in [5, 5.41) is 11.2. The first-order chi connectivity index (χ1) is 9.54. The number of anilines is 2. The fraction of sp³-hybridized carbons (Fsp3) is 0.636. The molecule has 1 saturated heterocycles. The molecule has 0 saturated carbocycles. The van der Waals surface area contributed by atoms with E-state index in [9.17, 15) is 10.1 Å². The Morgan fingerprint density at radius 1 is 1.35 bits per heavy atom. The summed E-state index contributed by atoms with van der Waals surface area (Å²) >= 11 is 0. The van der Waals surface area contributed by atoms with Crippen molar-refractivity contribution in [3.05, 3.63) is 16.4 Å². The van der Waals surface area contributed by atoms with Gasteiger partial charge in [0.05, 0.1) is 4.92 Å². The molecule has 0 aromatic carbocycles. The molecule has 0 bridgehead atoms. The van der Waals surface area contributed by atoms with E-state index in [2.05, 4.69) is 34.1 Å². The number of nitro groups is 1. The zero-order chi connectivity index (χ0) is 14.7. The third kappa shape index (κ3) is 2.78. The van der Waals surface area contributed by atoms with E-state index in [0.717, 1.165) is 13.1 Å². The Balaban J connectivity index is 2.24. The van der Waals surface area contributed by atoms with Crippen LogP contribution in [0.4, 0.5) is 17.3 Å². The van der Waals surface area contributed by atoms with Crippen molar-refractivity contribution in [2.75, 3.05) is 36.5 Å². The van der Waals surface area contributed by atoms with Crippen LogP contribution in [0.3, 0.4) is 0 Å². The van der Waals surface area contributed by atoms with Crippen molar-refractivity contribution in [1.29, 1.82) is 0 Å². The van der Waals surface area contributed by atoms with E-state index >= 15 is 0 Å². The van der Waals surface area contributed by atoms with Crippen molar-refractivity contribution in [3.8, 4) is 0 Å². The van der Waals surface area contributed by atoms with Crippen LogP contribution in [-0.4, -0.2) is 52.0 Å². The van der Waals surface area contributed by atoms with Crippen molar-refractivity contribution in [1.82, 2.24) is 14.9 Å². The number of aromatic nitrogens is 2. The maximum Gasteiger partial charge on any atom is 0.354 e. The molecule has 0 unspecified atom stereocenters. The minimum Gasteiger partial charge on any atom is -0.348 e. The average Bonchev–Trinajstić information content (AvgIpc) is 2.46.